The van der Waals surface area contributed by atoms with E-state index in [1.807, 2.05) is 0 Å². The summed E-state index contributed by atoms with van der Waals surface area (Å²) in [6.07, 6.45) is 71.7. The number of aliphatic hydroxyl groups is 1. The van der Waals surface area contributed by atoms with Crippen LogP contribution in [0.15, 0.2) is 72.9 Å². The molecule has 570 valence electrons. The molecule has 0 amide bonds. The Labute approximate surface area is 596 Å². The molecule has 98 heavy (non-hydrogen) atoms. The molecule has 5 unspecified atom stereocenters. The highest BCUT2D eigenvalue weighted by molar-refractivity contribution is 7.47. The second-order valence-corrected chi connectivity index (χ2v) is 29.2. The van der Waals surface area contributed by atoms with Crippen molar-refractivity contribution in [1.29, 1.82) is 0 Å². The van der Waals surface area contributed by atoms with Gasteiger partial charge in [0, 0.05) is 25.7 Å². The van der Waals surface area contributed by atoms with Gasteiger partial charge >= 0.3 is 39.5 Å². The maximum atomic E-state index is 13.1. The SMILES string of the molecule is CC/C=C\C/C=C\C/C=C\CCCCCCCC(=O)OC(COC(=O)CCCCCCCC/C=C\C/C=C\C/C=C\CCCCC)COP(=O)(O)OCC(O)COP(=O)(O)OCC(COC(=O)CCCCCCCCCCCCCCC)OC(=O)CCCCCCCCCCCCC. The fourth-order valence-electron chi connectivity index (χ4n) is 10.7. The van der Waals surface area contributed by atoms with E-state index in [1.54, 1.807) is 0 Å². The molecule has 0 aliphatic heterocycles. The van der Waals surface area contributed by atoms with E-state index >= 15 is 0 Å². The van der Waals surface area contributed by atoms with Crippen LogP contribution in [0.2, 0.25) is 0 Å². The maximum absolute atomic E-state index is 13.1. The zero-order chi connectivity index (χ0) is 71.8. The average molecular weight is 1430 g/mol. The molecule has 0 bridgehead atoms. The van der Waals surface area contributed by atoms with Crippen molar-refractivity contribution in [3.8, 4) is 0 Å². The molecule has 0 saturated carbocycles. The summed E-state index contributed by atoms with van der Waals surface area (Å²) < 4.78 is 68.5. The molecule has 0 saturated heterocycles. The fraction of sp³-hybridized carbons (Fsp3) is 0.797. The van der Waals surface area contributed by atoms with Crippen molar-refractivity contribution in [2.45, 2.75) is 367 Å². The summed E-state index contributed by atoms with van der Waals surface area (Å²) >= 11 is 0. The zero-order valence-corrected chi connectivity index (χ0v) is 64.0. The number of carbonyl (C=O) groups is 4. The number of allylic oxidation sites excluding steroid dienone is 12. The van der Waals surface area contributed by atoms with Crippen molar-refractivity contribution in [2.24, 2.45) is 0 Å². The van der Waals surface area contributed by atoms with Gasteiger partial charge in [-0.05, 0) is 96.3 Å². The molecule has 5 atom stereocenters. The topological polar surface area (TPSA) is 237 Å². The van der Waals surface area contributed by atoms with Gasteiger partial charge in [0.25, 0.3) is 0 Å². The van der Waals surface area contributed by atoms with E-state index in [2.05, 4.69) is 101 Å². The van der Waals surface area contributed by atoms with Crippen LogP contribution < -0.4 is 0 Å². The van der Waals surface area contributed by atoms with Crippen LogP contribution >= 0.6 is 15.6 Å². The normalized spacial score (nSPS) is 14.3. The highest BCUT2D eigenvalue weighted by Crippen LogP contribution is 2.45. The monoisotopic (exact) mass is 1420 g/mol. The van der Waals surface area contributed by atoms with Gasteiger partial charge in [-0.25, -0.2) is 9.13 Å². The first-order valence-electron chi connectivity index (χ1n) is 39.2. The van der Waals surface area contributed by atoms with Crippen LogP contribution in [0.25, 0.3) is 0 Å². The van der Waals surface area contributed by atoms with Gasteiger partial charge in [-0.1, -0.05) is 300 Å². The van der Waals surface area contributed by atoms with Crippen molar-refractivity contribution in [1.82, 2.24) is 0 Å². The van der Waals surface area contributed by atoms with Crippen LogP contribution in [0.4, 0.5) is 0 Å². The van der Waals surface area contributed by atoms with E-state index in [-0.39, 0.29) is 25.7 Å². The Morgan fingerprint density at radius 1 is 0.296 bits per heavy atom. The van der Waals surface area contributed by atoms with Crippen molar-refractivity contribution in [3.05, 3.63) is 72.9 Å². The molecule has 0 rings (SSSR count). The molecule has 19 heteroatoms. The molecule has 0 aromatic heterocycles. The second kappa shape index (κ2) is 71.9. The number of phosphoric acid groups is 2. The highest BCUT2D eigenvalue weighted by atomic mass is 31.2. The van der Waals surface area contributed by atoms with E-state index in [0.717, 1.165) is 154 Å². The molecule has 0 fully saturated rings. The number of phosphoric ester groups is 2. The smallest absolute Gasteiger partial charge is 0.462 e. The molecule has 0 aliphatic rings. The van der Waals surface area contributed by atoms with Crippen molar-refractivity contribution in [3.63, 3.8) is 0 Å². The molecule has 0 aromatic carbocycles. The quantitative estimate of drug-likeness (QED) is 0.0169. The van der Waals surface area contributed by atoms with E-state index < -0.39 is 97.5 Å². The first-order chi connectivity index (χ1) is 47.7. The first-order valence-corrected chi connectivity index (χ1v) is 42.2. The summed E-state index contributed by atoms with van der Waals surface area (Å²) in [4.78, 5) is 72.8. The first kappa shape index (κ1) is 94.5. The molecule has 0 spiro atoms. The third-order valence-corrected chi connectivity index (χ3v) is 18.6. The zero-order valence-electron chi connectivity index (χ0n) is 62.2. The lowest BCUT2D eigenvalue weighted by Crippen LogP contribution is -2.30. The highest BCUT2D eigenvalue weighted by Gasteiger charge is 2.30. The minimum atomic E-state index is -4.98. The lowest BCUT2D eigenvalue weighted by molar-refractivity contribution is -0.161. The molecule has 0 aliphatic carbocycles. The number of unbranched alkanes of at least 4 members (excludes halogenated alkanes) is 36. The molecule has 0 radical (unpaired) electrons. The predicted octanol–water partition coefficient (Wildman–Crippen LogP) is 22.4. The molecule has 0 aromatic rings. The third kappa shape index (κ3) is 70.9. The predicted molar refractivity (Wildman–Crippen MR) is 400 cm³/mol. The lowest BCUT2D eigenvalue weighted by Gasteiger charge is -2.21. The maximum Gasteiger partial charge on any atom is 0.472 e. The van der Waals surface area contributed by atoms with Gasteiger partial charge in [0.15, 0.2) is 12.2 Å². The number of rotatable bonds is 74. The Morgan fingerprint density at radius 2 is 0.531 bits per heavy atom. The molecular weight excluding hydrogens is 1280 g/mol. The van der Waals surface area contributed by atoms with Crippen molar-refractivity contribution in [2.75, 3.05) is 39.6 Å². The summed E-state index contributed by atoms with van der Waals surface area (Å²) in [6.45, 7) is 4.75. The Bertz CT molecular complexity index is 2140. The molecule has 17 nitrogen and oxygen atoms in total. The Balaban J connectivity index is 5.31. The molecule has 3 N–H and O–H groups in total. The number of hydrogen-bond donors (Lipinski definition) is 3. The summed E-state index contributed by atoms with van der Waals surface area (Å²) in [6, 6.07) is 0. The summed E-state index contributed by atoms with van der Waals surface area (Å²) in [7, 11) is -9.94. The average Bonchev–Trinajstić information content (AvgIpc) is 1.06. The Kier molecular flexibility index (Phi) is 69.3. The van der Waals surface area contributed by atoms with Gasteiger partial charge in [0.2, 0.25) is 0 Å². The van der Waals surface area contributed by atoms with E-state index in [9.17, 15) is 43.2 Å². The standard InChI is InChI=1S/C79H142O17P2/c1-5-9-13-17-21-25-29-32-34-35-36-37-39-41-45-48-52-56-60-64-77(82)90-70-75(96-79(84)66-62-58-54-50-46-42-38-33-30-26-22-18-14-10-6-2)72-94-98(87,88)92-68-73(80)67-91-97(85,86)93-71-74(95-78(83)65-61-57-53-49-43-28-24-20-16-12-8-4)69-89-76(81)63-59-55-51-47-44-40-31-27-23-19-15-11-7-3/h10,14,21-22,25-26,32-34,36-38,73-75,80H,5-9,11-13,15-20,23-24,27-31,35,39-72H2,1-4H3,(H,85,86)(H,87,88)/b14-10-,25-21-,26-22-,34-32-,37-36-,38-33-. The number of ether oxygens (including phenoxy) is 4. The summed E-state index contributed by atoms with van der Waals surface area (Å²) in [5.74, 6) is -2.18. The number of hydrogen-bond acceptors (Lipinski definition) is 15. The number of esters is 4. The van der Waals surface area contributed by atoms with Gasteiger partial charge < -0.3 is 33.8 Å². The van der Waals surface area contributed by atoms with Gasteiger partial charge in [-0.15, -0.1) is 0 Å². The Morgan fingerprint density at radius 3 is 0.837 bits per heavy atom. The van der Waals surface area contributed by atoms with Crippen LogP contribution in [0.5, 0.6) is 0 Å². The molecular formula is C79H142O17P2. The third-order valence-electron chi connectivity index (χ3n) is 16.7. The van der Waals surface area contributed by atoms with Gasteiger partial charge in [0.1, 0.15) is 19.3 Å². The van der Waals surface area contributed by atoms with Gasteiger partial charge in [-0.2, -0.15) is 0 Å². The van der Waals surface area contributed by atoms with Crippen molar-refractivity contribution >= 4 is 39.5 Å². The van der Waals surface area contributed by atoms with Gasteiger partial charge in [-0.3, -0.25) is 37.3 Å². The van der Waals surface area contributed by atoms with Crippen LogP contribution in [0.1, 0.15) is 349 Å². The number of carbonyl (C=O) groups excluding carboxylic acids is 4. The largest absolute Gasteiger partial charge is 0.472 e. The van der Waals surface area contributed by atoms with Crippen LogP contribution in [-0.4, -0.2) is 96.7 Å². The van der Waals surface area contributed by atoms with Crippen LogP contribution in [0.3, 0.4) is 0 Å². The van der Waals surface area contributed by atoms with E-state index in [4.69, 9.17) is 37.0 Å². The molecule has 0 heterocycles. The van der Waals surface area contributed by atoms with E-state index in [0.29, 0.717) is 25.7 Å². The number of aliphatic hydroxyl groups excluding tert-OH is 1. The van der Waals surface area contributed by atoms with Gasteiger partial charge in [0.05, 0.1) is 26.4 Å². The van der Waals surface area contributed by atoms with Crippen molar-refractivity contribution < 1.29 is 80.2 Å². The Hall–Kier alpha value is -3.50. The second-order valence-electron chi connectivity index (χ2n) is 26.3. The summed E-state index contributed by atoms with van der Waals surface area (Å²) in [5.41, 5.74) is 0. The van der Waals surface area contributed by atoms with Crippen LogP contribution in [-0.2, 0) is 65.4 Å². The minimum Gasteiger partial charge on any atom is -0.462 e. The lowest BCUT2D eigenvalue weighted by atomic mass is 10.0. The van der Waals surface area contributed by atoms with E-state index in [1.165, 1.54) is 116 Å². The summed E-state index contributed by atoms with van der Waals surface area (Å²) in [5, 5.41) is 10.6. The fourth-order valence-corrected chi connectivity index (χ4v) is 12.3. The minimum absolute atomic E-state index is 0.0747. The van der Waals surface area contributed by atoms with Crippen LogP contribution in [0, 0.1) is 0 Å².